The first-order chi connectivity index (χ1) is 27.5. The van der Waals surface area contributed by atoms with Crippen LogP contribution in [0.1, 0.15) is 233 Å². The minimum Gasteiger partial charge on any atom is -0.462 e. The van der Waals surface area contributed by atoms with Crippen LogP contribution < -0.4 is 5.32 Å². The van der Waals surface area contributed by atoms with Gasteiger partial charge in [0.15, 0.2) is 0 Å². The largest absolute Gasteiger partial charge is 0.462 e. The Morgan fingerprint density at radius 1 is 0.536 bits per heavy atom. The highest BCUT2D eigenvalue weighted by atomic mass is 16.5. The van der Waals surface area contributed by atoms with Crippen molar-refractivity contribution in [2.24, 2.45) is 0 Å². The zero-order valence-corrected chi connectivity index (χ0v) is 37.0. The molecule has 1 amide bonds. The van der Waals surface area contributed by atoms with Crippen LogP contribution >= 0.6 is 0 Å². The van der Waals surface area contributed by atoms with Gasteiger partial charge in [0.05, 0.1) is 25.2 Å². The van der Waals surface area contributed by atoms with E-state index in [0.29, 0.717) is 19.3 Å². The average Bonchev–Trinajstić information content (AvgIpc) is 3.19. The second kappa shape index (κ2) is 43.9. The van der Waals surface area contributed by atoms with Crippen LogP contribution in [0.3, 0.4) is 0 Å². The third kappa shape index (κ3) is 38.7. The minimum absolute atomic E-state index is 0.0482. The zero-order chi connectivity index (χ0) is 41.0. The number of hydrogen-bond acceptors (Lipinski definition) is 5. The number of nitrogens with one attached hydrogen (secondary N) is 1. The number of ether oxygens (including phenoxy) is 1. The van der Waals surface area contributed by atoms with E-state index in [1.807, 2.05) is 0 Å². The molecule has 0 heterocycles. The summed E-state index contributed by atoms with van der Waals surface area (Å²) in [4.78, 5) is 26.0. The van der Waals surface area contributed by atoms with Gasteiger partial charge in [0, 0.05) is 6.42 Å². The number of amides is 1. The molecule has 0 aromatic heterocycles. The number of unbranched alkanes of at least 4 members (excludes halogenated alkanes) is 22. The van der Waals surface area contributed by atoms with E-state index in [0.717, 1.165) is 89.9 Å². The standard InChI is InChI=1S/C50H91NO5/c1-4-7-10-13-16-19-22-24-25-26-28-30-33-36-39-42-48(53)47(45-52)51-49(54)44-46(41-38-35-32-29-27-23-20-17-14-11-8-5-2)56-50(55)43-40-37-34-31-21-18-15-12-9-6-3/h8,11-12,15,17,20,27,29,46-48,52-53H,4-7,9-10,13-14,16,18-19,21-26,28,30-45H2,1-3H3,(H,51,54)/b11-8+,15-12-,20-17+,29-27+. The maximum Gasteiger partial charge on any atom is 0.306 e. The Labute approximate surface area is 346 Å². The van der Waals surface area contributed by atoms with Gasteiger partial charge in [-0.1, -0.05) is 191 Å². The quantitative estimate of drug-likeness (QED) is 0.0325. The van der Waals surface area contributed by atoms with Crippen LogP contribution in [0.15, 0.2) is 48.6 Å². The number of aliphatic hydroxyl groups excluding tert-OH is 2. The Morgan fingerprint density at radius 3 is 1.57 bits per heavy atom. The molecule has 0 aliphatic heterocycles. The van der Waals surface area contributed by atoms with Gasteiger partial charge in [0.1, 0.15) is 6.10 Å². The molecule has 0 rings (SSSR count). The fourth-order valence-corrected chi connectivity index (χ4v) is 7.03. The Hall–Kier alpha value is -2.18. The molecule has 0 saturated heterocycles. The molecule has 3 atom stereocenters. The fourth-order valence-electron chi connectivity index (χ4n) is 7.03. The maximum atomic E-state index is 13.1. The first-order valence-corrected chi connectivity index (χ1v) is 23.9. The second-order valence-corrected chi connectivity index (χ2v) is 16.1. The van der Waals surface area contributed by atoms with Gasteiger partial charge in [0.25, 0.3) is 0 Å². The van der Waals surface area contributed by atoms with Crippen LogP contribution in [0, 0.1) is 0 Å². The van der Waals surface area contributed by atoms with Crippen LogP contribution in [0.5, 0.6) is 0 Å². The van der Waals surface area contributed by atoms with Gasteiger partial charge in [-0.3, -0.25) is 9.59 Å². The summed E-state index contributed by atoms with van der Waals surface area (Å²) >= 11 is 0. The SMILES string of the molecule is CC/C=C/C/C=C/C/C=C/CCCCC(CC(=O)NC(CO)C(O)CCCCCCCCCCCCCCCCC)OC(=O)CCCCCCC/C=C\CCC. The number of rotatable bonds is 42. The second-order valence-electron chi connectivity index (χ2n) is 16.1. The fraction of sp³-hybridized carbons (Fsp3) is 0.800. The van der Waals surface area contributed by atoms with Crippen LogP contribution in [-0.2, 0) is 14.3 Å². The van der Waals surface area contributed by atoms with E-state index < -0.39 is 18.2 Å². The van der Waals surface area contributed by atoms with Crippen LogP contribution in [0.4, 0.5) is 0 Å². The van der Waals surface area contributed by atoms with Crippen molar-refractivity contribution in [3.63, 3.8) is 0 Å². The lowest BCUT2D eigenvalue weighted by Gasteiger charge is -2.24. The minimum atomic E-state index is -0.797. The highest BCUT2D eigenvalue weighted by Crippen LogP contribution is 2.17. The van der Waals surface area contributed by atoms with Crippen LogP contribution in [0.25, 0.3) is 0 Å². The van der Waals surface area contributed by atoms with Gasteiger partial charge >= 0.3 is 5.97 Å². The normalized spacial score (nSPS) is 13.7. The molecule has 0 fully saturated rings. The Morgan fingerprint density at radius 2 is 1.00 bits per heavy atom. The average molecular weight is 786 g/mol. The molecule has 0 saturated carbocycles. The van der Waals surface area contributed by atoms with E-state index in [-0.39, 0.29) is 24.9 Å². The molecule has 0 radical (unpaired) electrons. The summed E-state index contributed by atoms with van der Waals surface area (Å²) in [5.74, 6) is -0.525. The third-order valence-electron chi connectivity index (χ3n) is 10.6. The lowest BCUT2D eigenvalue weighted by molar-refractivity contribution is -0.151. The molecule has 3 N–H and O–H groups in total. The first-order valence-electron chi connectivity index (χ1n) is 23.9. The molecule has 3 unspecified atom stereocenters. The van der Waals surface area contributed by atoms with Crippen LogP contribution in [-0.4, -0.2) is 46.9 Å². The Kier molecular flexibility index (Phi) is 42.2. The molecule has 0 aromatic rings. The predicted octanol–water partition coefficient (Wildman–Crippen LogP) is 13.9. The Balaban J connectivity index is 4.57. The van der Waals surface area contributed by atoms with Crippen molar-refractivity contribution in [3.05, 3.63) is 48.6 Å². The molecule has 6 nitrogen and oxygen atoms in total. The first kappa shape index (κ1) is 53.8. The van der Waals surface area contributed by atoms with E-state index in [1.54, 1.807) is 0 Å². The highest BCUT2D eigenvalue weighted by molar-refractivity contribution is 5.77. The van der Waals surface area contributed by atoms with E-state index in [9.17, 15) is 19.8 Å². The van der Waals surface area contributed by atoms with Crippen molar-refractivity contribution in [3.8, 4) is 0 Å². The summed E-state index contributed by atoms with van der Waals surface area (Å²) in [5.41, 5.74) is 0. The summed E-state index contributed by atoms with van der Waals surface area (Å²) in [7, 11) is 0. The third-order valence-corrected chi connectivity index (χ3v) is 10.6. The monoisotopic (exact) mass is 786 g/mol. The number of carbonyl (C=O) groups is 2. The summed E-state index contributed by atoms with van der Waals surface area (Å²) in [6.45, 7) is 6.29. The zero-order valence-electron chi connectivity index (χ0n) is 37.0. The number of hydrogen-bond donors (Lipinski definition) is 3. The van der Waals surface area contributed by atoms with Gasteiger partial charge in [-0.05, 0) is 77.0 Å². The van der Waals surface area contributed by atoms with Gasteiger partial charge in [0.2, 0.25) is 5.91 Å². The molecule has 6 heteroatoms. The van der Waals surface area contributed by atoms with Crippen molar-refractivity contribution in [2.75, 3.05) is 6.61 Å². The van der Waals surface area contributed by atoms with E-state index in [4.69, 9.17) is 4.74 Å². The number of carbonyl (C=O) groups excluding carboxylic acids is 2. The van der Waals surface area contributed by atoms with Crippen molar-refractivity contribution < 1.29 is 24.5 Å². The summed E-state index contributed by atoms with van der Waals surface area (Å²) < 4.78 is 5.87. The smallest absolute Gasteiger partial charge is 0.306 e. The van der Waals surface area contributed by atoms with E-state index in [2.05, 4.69) is 74.7 Å². The number of aliphatic hydroxyl groups is 2. The molecular formula is C50H91NO5. The van der Waals surface area contributed by atoms with Gasteiger partial charge in [-0.15, -0.1) is 0 Å². The summed E-state index contributed by atoms with van der Waals surface area (Å²) in [6.07, 6.45) is 51.8. The highest BCUT2D eigenvalue weighted by Gasteiger charge is 2.24. The molecule has 0 aliphatic rings. The molecule has 0 spiro atoms. The van der Waals surface area contributed by atoms with Crippen molar-refractivity contribution >= 4 is 11.9 Å². The van der Waals surface area contributed by atoms with Crippen molar-refractivity contribution in [1.82, 2.24) is 5.32 Å². The number of allylic oxidation sites excluding steroid dienone is 8. The van der Waals surface area contributed by atoms with Crippen molar-refractivity contribution in [2.45, 2.75) is 251 Å². The van der Waals surface area contributed by atoms with Crippen LogP contribution in [0.2, 0.25) is 0 Å². The van der Waals surface area contributed by atoms with Gasteiger partial charge in [-0.2, -0.15) is 0 Å². The summed E-state index contributed by atoms with van der Waals surface area (Å²) in [6, 6.07) is -0.713. The van der Waals surface area contributed by atoms with Gasteiger partial charge < -0.3 is 20.3 Å². The number of esters is 1. The summed E-state index contributed by atoms with van der Waals surface area (Å²) in [5, 5.41) is 23.7. The van der Waals surface area contributed by atoms with Gasteiger partial charge in [-0.25, -0.2) is 0 Å². The topological polar surface area (TPSA) is 95.9 Å². The molecule has 0 aliphatic carbocycles. The van der Waals surface area contributed by atoms with Crippen molar-refractivity contribution in [1.29, 1.82) is 0 Å². The lowest BCUT2D eigenvalue weighted by atomic mass is 10.0. The molecular weight excluding hydrogens is 695 g/mol. The molecule has 0 aromatic carbocycles. The Bertz CT molecular complexity index is 972. The van der Waals surface area contributed by atoms with E-state index in [1.165, 1.54) is 96.3 Å². The molecule has 0 bridgehead atoms. The lowest BCUT2D eigenvalue weighted by Crippen LogP contribution is -2.46. The molecule has 56 heavy (non-hydrogen) atoms. The maximum absolute atomic E-state index is 13.1. The van der Waals surface area contributed by atoms with E-state index >= 15 is 0 Å². The predicted molar refractivity (Wildman–Crippen MR) is 241 cm³/mol. The molecule has 326 valence electrons.